The molecule has 1 heterocycles. The van der Waals surface area contributed by atoms with Gasteiger partial charge in [0, 0.05) is 16.7 Å². The Morgan fingerprint density at radius 1 is 1.26 bits per heavy atom. The highest BCUT2D eigenvalue weighted by atomic mass is 32.2. The minimum atomic E-state index is -1.16. The molecule has 0 aliphatic heterocycles. The maximum absolute atomic E-state index is 12.3. The van der Waals surface area contributed by atoms with Gasteiger partial charge in [-0.1, -0.05) is 12.1 Å². The Bertz CT molecular complexity index is 674. The lowest BCUT2D eigenvalue weighted by Gasteiger charge is -2.06. The topological polar surface area (TPSA) is 53.8 Å². The van der Waals surface area contributed by atoms with E-state index in [9.17, 15) is 4.21 Å². The first-order chi connectivity index (χ1) is 9.11. The van der Waals surface area contributed by atoms with Gasteiger partial charge in [-0.3, -0.25) is 4.21 Å². The van der Waals surface area contributed by atoms with Crippen molar-refractivity contribution in [2.45, 2.75) is 24.5 Å². The predicted octanol–water partition coefficient (Wildman–Crippen LogP) is 2.88. The average Bonchev–Trinajstić information content (AvgIpc) is 2.42. The van der Waals surface area contributed by atoms with E-state index in [0.717, 1.165) is 16.0 Å². The highest BCUT2D eigenvalue weighted by Gasteiger charge is 2.10. The van der Waals surface area contributed by atoms with Gasteiger partial charge in [-0.2, -0.15) is 5.26 Å². The van der Waals surface area contributed by atoms with Crippen molar-refractivity contribution in [2.24, 2.45) is 0 Å². The zero-order chi connectivity index (χ0) is 13.8. The Kier molecular flexibility index (Phi) is 4.08. The second kappa shape index (κ2) is 5.77. The van der Waals surface area contributed by atoms with Crippen molar-refractivity contribution >= 4 is 10.8 Å². The third-order valence-corrected chi connectivity index (χ3v) is 4.38. The van der Waals surface area contributed by atoms with Crippen molar-refractivity contribution in [3.05, 3.63) is 58.9 Å². The van der Waals surface area contributed by atoms with E-state index in [1.165, 1.54) is 5.56 Å². The third kappa shape index (κ3) is 3.07. The zero-order valence-electron chi connectivity index (χ0n) is 10.9. The van der Waals surface area contributed by atoms with Crippen molar-refractivity contribution in [1.82, 2.24) is 4.98 Å². The largest absolute Gasteiger partial charge is 0.254 e. The smallest absolute Gasteiger partial charge is 0.144 e. The van der Waals surface area contributed by atoms with E-state index < -0.39 is 10.8 Å². The quantitative estimate of drug-likeness (QED) is 0.861. The first-order valence-electron chi connectivity index (χ1n) is 5.91. The zero-order valence-corrected chi connectivity index (χ0v) is 11.7. The number of hydrogen-bond acceptors (Lipinski definition) is 3. The molecule has 1 atom stereocenters. The van der Waals surface area contributed by atoms with E-state index >= 15 is 0 Å². The number of aryl methyl sites for hydroxylation is 2. The summed E-state index contributed by atoms with van der Waals surface area (Å²) in [6.07, 6.45) is 1.57. The fourth-order valence-corrected chi connectivity index (χ4v) is 2.95. The van der Waals surface area contributed by atoms with Gasteiger partial charge < -0.3 is 0 Å². The molecule has 1 aromatic heterocycles. The fraction of sp³-hybridized carbons (Fsp3) is 0.200. The monoisotopic (exact) mass is 270 g/mol. The van der Waals surface area contributed by atoms with Crippen LogP contribution >= 0.6 is 0 Å². The van der Waals surface area contributed by atoms with Gasteiger partial charge in [-0.25, -0.2) is 4.98 Å². The second-order valence-corrected chi connectivity index (χ2v) is 5.81. The summed E-state index contributed by atoms with van der Waals surface area (Å²) in [7, 11) is -1.16. The summed E-state index contributed by atoms with van der Waals surface area (Å²) in [6, 6.07) is 11.4. The summed E-state index contributed by atoms with van der Waals surface area (Å²) < 4.78 is 12.3. The van der Waals surface area contributed by atoms with Crippen molar-refractivity contribution < 1.29 is 4.21 Å². The Morgan fingerprint density at radius 3 is 2.74 bits per heavy atom. The van der Waals surface area contributed by atoms with E-state index in [2.05, 4.69) is 4.98 Å². The first kappa shape index (κ1) is 13.4. The molecule has 19 heavy (non-hydrogen) atoms. The molecule has 0 radical (unpaired) electrons. The molecule has 4 heteroatoms. The summed E-state index contributed by atoms with van der Waals surface area (Å²) >= 11 is 0. The van der Waals surface area contributed by atoms with Crippen LogP contribution in [-0.4, -0.2) is 9.19 Å². The van der Waals surface area contributed by atoms with Gasteiger partial charge in [0.15, 0.2) is 0 Å². The summed E-state index contributed by atoms with van der Waals surface area (Å²) in [6.45, 7) is 4.03. The molecule has 0 N–H and O–H groups in total. The molecule has 2 rings (SSSR count). The summed E-state index contributed by atoms with van der Waals surface area (Å²) in [5.74, 6) is 0.319. The van der Waals surface area contributed by atoms with Crippen molar-refractivity contribution in [1.29, 1.82) is 5.26 Å². The molecule has 0 saturated carbocycles. The molecule has 0 saturated heterocycles. The van der Waals surface area contributed by atoms with Crippen LogP contribution < -0.4 is 0 Å². The molecule has 0 fully saturated rings. The van der Waals surface area contributed by atoms with Crippen LogP contribution in [0.5, 0.6) is 0 Å². The third-order valence-electron chi connectivity index (χ3n) is 3.03. The number of benzene rings is 1. The van der Waals surface area contributed by atoms with Gasteiger partial charge in [-0.05, 0) is 43.2 Å². The molecule has 2 aromatic rings. The molecule has 0 amide bonds. The minimum absolute atomic E-state index is 0.319. The van der Waals surface area contributed by atoms with Crippen LogP contribution in [0.3, 0.4) is 0 Å². The van der Waals surface area contributed by atoms with Gasteiger partial charge in [0.1, 0.15) is 11.8 Å². The molecule has 96 valence electrons. The van der Waals surface area contributed by atoms with Gasteiger partial charge in [0.2, 0.25) is 0 Å². The number of pyridine rings is 1. The van der Waals surface area contributed by atoms with Gasteiger partial charge in [0.05, 0.1) is 16.6 Å². The molecule has 0 aliphatic rings. The van der Waals surface area contributed by atoms with Crippen molar-refractivity contribution in [2.75, 3.05) is 0 Å². The molecule has 1 aromatic carbocycles. The highest BCUT2D eigenvalue weighted by Crippen LogP contribution is 2.17. The van der Waals surface area contributed by atoms with Crippen LogP contribution in [0.4, 0.5) is 0 Å². The van der Waals surface area contributed by atoms with Crippen LogP contribution in [0.1, 0.15) is 22.4 Å². The average molecular weight is 270 g/mol. The number of aromatic nitrogens is 1. The molecular weight excluding hydrogens is 256 g/mol. The summed E-state index contributed by atoms with van der Waals surface area (Å²) in [5.41, 5.74) is 3.37. The van der Waals surface area contributed by atoms with Crippen molar-refractivity contribution in [3.63, 3.8) is 0 Å². The fourth-order valence-electron chi connectivity index (χ4n) is 1.74. The van der Waals surface area contributed by atoms with Gasteiger partial charge in [-0.15, -0.1) is 0 Å². The predicted molar refractivity (Wildman–Crippen MR) is 75.0 cm³/mol. The van der Waals surface area contributed by atoms with E-state index in [0.29, 0.717) is 11.4 Å². The maximum Gasteiger partial charge on any atom is 0.144 e. The Hall–Kier alpha value is -1.99. The van der Waals surface area contributed by atoms with Gasteiger partial charge >= 0.3 is 0 Å². The van der Waals surface area contributed by atoms with Crippen LogP contribution in [0.2, 0.25) is 0 Å². The molecule has 0 spiro atoms. The maximum atomic E-state index is 12.3. The lowest BCUT2D eigenvalue weighted by atomic mass is 10.1. The number of nitriles is 1. The Morgan fingerprint density at radius 2 is 2.05 bits per heavy atom. The second-order valence-electron chi connectivity index (χ2n) is 4.36. The van der Waals surface area contributed by atoms with E-state index in [1.807, 2.05) is 38.1 Å². The number of nitrogens with zero attached hydrogens (tertiary/aromatic N) is 2. The van der Waals surface area contributed by atoms with Crippen molar-refractivity contribution in [3.8, 4) is 6.07 Å². The summed E-state index contributed by atoms with van der Waals surface area (Å²) in [5, 5.41) is 8.97. The lowest BCUT2D eigenvalue weighted by molar-refractivity contribution is 0.682. The first-order valence-corrected chi connectivity index (χ1v) is 7.23. The lowest BCUT2D eigenvalue weighted by Crippen LogP contribution is -2.01. The Balaban J connectivity index is 2.26. The van der Waals surface area contributed by atoms with Crippen LogP contribution in [0, 0.1) is 25.2 Å². The Labute approximate surface area is 115 Å². The van der Waals surface area contributed by atoms with Crippen LogP contribution in [-0.2, 0) is 16.6 Å². The summed E-state index contributed by atoms with van der Waals surface area (Å²) in [4.78, 5) is 4.77. The standard InChI is InChI=1S/C15H14N2OS/c1-11-5-6-14(8-12(11)2)19(18)10-13-4-3-7-17-15(13)9-16/h3-8H,10H2,1-2H3. The van der Waals surface area contributed by atoms with E-state index in [4.69, 9.17) is 5.26 Å². The van der Waals surface area contributed by atoms with Crippen LogP contribution in [0.25, 0.3) is 0 Å². The molecule has 0 aliphatic carbocycles. The minimum Gasteiger partial charge on any atom is -0.254 e. The highest BCUT2D eigenvalue weighted by molar-refractivity contribution is 7.84. The molecular formula is C15H14N2OS. The van der Waals surface area contributed by atoms with Crippen LogP contribution in [0.15, 0.2) is 41.4 Å². The number of rotatable bonds is 3. The van der Waals surface area contributed by atoms with E-state index in [-0.39, 0.29) is 0 Å². The molecule has 1 unspecified atom stereocenters. The van der Waals surface area contributed by atoms with E-state index in [1.54, 1.807) is 18.3 Å². The number of hydrogen-bond donors (Lipinski definition) is 0. The SMILES string of the molecule is Cc1ccc(S(=O)Cc2cccnc2C#N)cc1C. The molecule has 3 nitrogen and oxygen atoms in total. The normalized spacial score (nSPS) is 11.8. The molecule has 0 bridgehead atoms. The van der Waals surface area contributed by atoms with Gasteiger partial charge in [0.25, 0.3) is 0 Å².